The van der Waals surface area contributed by atoms with Crippen LogP contribution >= 0.6 is 27.7 Å². The molecule has 0 aliphatic rings. The third-order valence-corrected chi connectivity index (χ3v) is 3.75. The number of carbonyl (C=O) groups excluding carboxylic acids is 1. The number of halogens is 1. The Hall–Kier alpha value is -1.21. The van der Waals surface area contributed by atoms with Gasteiger partial charge in [-0.25, -0.2) is 9.59 Å². The molecule has 0 fully saturated rings. The van der Waals surface area contributed by atoms with Gasteiger partial charge in [-0.2, -0.15) is 11.8 Å². The Morgan fingerprint density at radius 2 is 2.00 bits per heavy atom. The van der Waals surface area contributed by atoms with Crippen LogP contribution in [0.4, 0.5) is 4.79 Å². The predicted octanol–water partition coefficient (Wildman–Crippen LogP) is 2.45. The van der Waals surface area contributed by atoms with E-state index in [9.17, 15) is 9.59 Å². The lowest BCUT2D eigenvalue weighted by atomic mass is 10.2. The van der Waals surface area contributed by atoms with Crippen molar-refractivity contribution >= 4 is 39.7 Å². The Balaban J connectivity index is 2.41. The zero-order valence-electron chi connectivity index (χ0n) is 11.1. The summed E-state index contributed by atoms with van der Waals surface area (Å²) in [6, 6.07) is 6.20. The van der Waals surface area contributed by atoms with Crippen molar-refractivity contribution in [1.29, 1.82) is 0 Å². The van der Waals surface area contributed by atoms with Crippen molar-refractivity contribution in [3.63, 3.8) is 0 Å². The molecular weight excluding hydrogens is 344 g/mol. The fourth-order valence-corrected chi connectivity index (χ4v) is 2.22. The summed E-state index contributed by atoms with van der Waals surface area (Å²) in [6.45, 7) is 0.355. The molecule has 5 nitrogen and oxygen atoms in total. The predicted molar refractivity (Wildman–Crippen MR) is 83.9 cm³/mol. The van der Waals surface area contributed by atoms with Gasteiger partial charge in [0.05, 0.1) is 0 Å². The Labute approximate surface area is 130 Å². The molecule has 0 radical (unpaired) electrons. The average Bonchev–Trinajstić information content (AvgIpc) is 2.42. The van der Waals surface area contributed by atoms with E-state index in [1.807, 2.05) is 30.5 Å². The number of amides is 2. The molecule has 0 saturated heterocycles. The van der Waals surface area contributed by atoms with E-state index in [1.165, 1.54) is 0 Å². The van der Waals surface area contributed by atoms with Crippen LogP contribution in [0, 0.1) is 0 Å². The van der Waals surface area contributed by atoms with E-state index in [2.05, 4.69) is 26.6 Å². The molecule has 0 spiro atoms. The maximum atomic E-state index is 11.7. The van der Waals surface area contributed by atoms with Crippen molar-refractivity contribution in [2.45, 2.75) is 19.0 Å². The molecule has 0 aliphatic heterocycles. The minimum Gasteiger partial charge on any atom is -0.480 e. The van der Waals surface area contributed by atoms with Crippen LogP contribution in [0.5, 0.6) is 0 Å². The average molecular weight is 361 g/mol. The number of hydrogen-bond donors (Lipinski definition) is 3. The zero-order chi connectivity index (χ0) is 15.0. The van der Waals surface area contributed by atoms with Crippen LogP contribution in [-0.4, -0.2) is 35.2 Å². The van der Waals surface area contributed by atoms with Crippen LogP contribution in [0.2, 0.25) is 0 Å². The van der Waals surface area contributed by atoms with Gasteiger partial charge in [-0.05, 0) is 36.1 Å². The number of carboxylic acids is 1. The highest BCUT2D eigenvalue weighted by Crippen LogP contribution is 2.10. The lowest BCUT2D eigenvalue weighted by Crippen LogP contribution is -2.46. The van der Waals surface area contributed by atoms with Crippen LogP contribution in [0.3, 0.4) is 0 Å². The lowest BCUT2D eigenvalue weighted by molar-refractivity contribution is -0.139. The second-order valence-corrected chi connectivity index (χ2v) is 6.03. The standard InChI is InChI=1S/C13H17BrN2O3S/c1-20-7-6-11(12(17)18)16-13(19)15-8-9-2-4-10(14)5-3-9/h2-5,11H,6-8H2,1H3,(H,17,18)(H2,15,16,19)/t11-/m1/s1. The second-order valence-electron chi connectivity index (χ2n) is 4.13. The molecule has 1 rings (SSSR count). The quantitative estimate of drug-likeness (QED) is 0.697. The fourth-order valence-electron chi connectivity index (χ4n) is 1.49. The number of carbonyl (C=O) groups is 2. The second kappa shape index (κ2) is 8.86. The van der Waals surface area contributed by atoms with Gasteiger partial charge in [0, 0.05) is 11.0 Å². The van der Waals surface area contributed by atoms with Crippen molar-refractivity contribution in [3.05, 3.63) is 34.3 Å². The summed E-state index contributed by atoms with van der Waals surface area (Å²) >= 11 is 4.88. The normalized spacial score (nSPS) is 11.7. The first-order valence-corrected chi connectivity index (χ1v) is 8.22. The summed E-state index contributed by atoms with van der Waals surface area (Å²) < 4.78 is 0.966. The van der Waals surface area contributed by atoms with Crippen LogP contribution in [0.15, 0.2) is 28.7 Å². The van der Waals surface area contributed by atoms with Gasteiger partial charge < -0.3 is 15.7 Å². The number of nitrogens with one attached hydrogen (secondary N) is 2. The molecule has 1 atom stereocenters. The summed E-state index contributed by atoms with van der Waals surface area (Å²) in [7, 11) is 0. The number of urea groups is 1. The highest BCUT2D eigenvalue weighted by Gasteiger charge is 2.18. The SMILES string of the molecule is CSCC[C@@H](NC(=O)NCc1ccc(Br)cc1)C(=O)O. The number of rotatable bonds is 7. The van der Waals surface area contributed by atoms with Crippen molar-refractivity contribution in [2.24, 2.45) is 0 Å². The lowest BCUT2D eigenvalue weighted by Gasteiger charge is -2.14. The Morgan fingerprint density at radius 1 is 1.35 bits per heavy atom. The van der Waals surface area contributed by atoms with Crippen molar-refractivity contribution < 1.29 is 14.7 Å². The fraction of sp³-hybridized carbons (Fsp3) is 0.385. The Kier molecular flexibility index (Phi) is 7.46. The molecule has 1 aromatic rings. The first-order chi connectivity index (χ1) is 9.52. The molecule has 0 bridgehead atoms. The van der Waals surface area contributed by atoms with Gasteiger partial charge in [0.25, 0.3) is 0 Å². The molecule has 0 heterocycles. The van der Waals surface area contributed by atoms with Gasteiger partial charge in [0.15, 0.2) is 0 Å². The zero-order valence-corrected chi connectivity index (χ0v) is 13.5. The van der Waals surface area contributed by atoms with Crippen LogP contribution in [0.25, 0.3) is 0 Å². The first kappa shape index (κ1) is 16.8. The third kappa shape index (κ3) is 6.29. The van der Waals surface area contributed by atoms with Crippen LogP contribution in [0.1, 0.15) is 12.0 Å². The number of hydrogen-bond acceptors (Lipinski definition) is 3. The number of aliphatic carboxylic acids is 1. The maximum Gasteiger partial charge on any atom is 0.326 e. The van der Waals surface area contributed by atoms with Gasteiger partial charge in [-0.3, -0.25) is 0 Å². The first-order valence-electron chi connectivity index (χ1n) is 6.03. The number of thioether (sulfide) groups is 1. The molecule has 0 unspecified atom stereocenters. The molecule has 3 N–H and O–H groups in total. The molecule has 20 heavy (non-hydrogen) atoms. The summed E-state index contributed by atoms with van der Waals surface area (Å²) in [4.78, 5) is 22.7. The van der Waals surface area contributed by atoms with E-state index in [1.54, 1.807) is 11.8 Å². The third-order valence-electron chi connectivity index (χ3n) is 2.58. The highest BCUT2D eigenvalue weighted by atomic mass is 79.9. The van der Waals surface area contributed by atoms with E-state index < -0.39 is 18.0 Å². The maximum absolute atomic E-state index is 11.7. The Bertz CT molecular complexity index is 453. The van der Waals surface area contributed by atoms with Gasteiger partial charge in [0.2, 0.25) is 0 Å². The van der Waals surface area contributed by atoms with Gasteiger partial charge in [0.1, 0.15) is 6.04 Å². The van der Waals surface area contributed by atoms with Gasteiger partial charge >= 0.3 is 12.0 Å². The van der Waals surface area contributed by atoms with Crippen LogP contribution in [-0.2, 0) is 11.3 Å². The molecule has 0 aliphatic carbocycles. The van der Waals surface area contributed by atoms with E-state index in [4.69, 9.17) is 5.11 Å². The van der Waals surface area contributed by atoms with E-state index in [-0.39, 0.29) is 0 Å². The van der Waals surface area contributed by atoms with Crippen LogP contribution < -0.4 is 10.6 Å². The molecule has 110 valence electrons. The topological polar surface area (TPSA) is 78.4 Å². The van der Waals surface area contributed by atoms with Crippen molar-refractivity contribution in [3.8, 4) is 0 Å². The summed E-state index contributed by atoms with van der Waals surface area (Å²) in [5.74, 6) is -0.331. The van der Waals surface area contributed by atoms with Crippen molar-refractivity contribution in [1.82, 2.24) is 10.6 Å². The Morgan fingerprint density at radius 3 is 2.55 bits per heavy atom. The molecule has 2 amide bonds. The van der Waals surface area contributed by atoms with Gasteiger partial charge in [-0.15, -0.1) is 0 Å². The van der Waals surface area contributed by atoms with E-state index in [0.29, 0.717) is 18.7 Å². The molecule has 1 aromatic carbocycles. The summed E-state index contributed by atoms with van der Waals surface area (Å²) in [5.41, 5.74) is 0.944. The van der Waals surface area contributed by atoms with Gasteiger partial charge in [-0.1, -0.05) is 28.1 Å². The number of carboxylic acid groups (broad SMARTS) is 1. The molecule has 0 saturated carbocycles. The summed E-state index contributed by atoms with van der Waals surface area (Å²) in [6.07, 6.45) is 2.30. The van der Waals surface area contributed by atoms with E-state index in [0.717, 1.165) is 10.0 Å². The minimum atomic E-state index is -1.02. The highest BCUT2D eigenvalue weighted by molar-refractivity contribution is 9.10. The minimum absolute atomic E-state index is 0.355. The molecule has 7 heteroatoms. The summed E-state index contributed by atoms with van der Waals surface area (Å²) in [5, 5.41) is 14.1. The largest absolute Gasteiger partial charge is 0.480 e. The smallest absolute Gasteiger partial charge is 0.326 e. The number of benzene rings is 1. The van der Waals surface area contributed by atoms with E-state index >= 15 is 0 Å². The van der Waals surface area contributed by atoms with Crippen molar-refractivity contribution in [2.75, 3.05) is 12.0 Å². The monoisotopic (exact) mass is 360 g/mol. The molecule has 0 aromatic heterocycles. The molecular formula is C13H17BrN2O3S.